The molecule has 0 aromatic heterocycles. The monoisotopic (exact) mass is 143 g/mol. The van der Waals surface area contributed by atoms with Crippen molar-refractivity contribution in [3.05, 3.63) is 10.1 Å². The first-order chi connectivity index (χ1) is 4.70. The Morgan fingerprint density at radius 3 is 2.80 bits per heavy atom. The van der Waals surface area contributed by atoms with Crippen LogP contribution in [0.3, 0.4) is 0 Å². The molecule has 0 aliphatic heterocycles. The van der Waals surface area contributed by atoms with Gasteiger partial charge in [0.25, 0.3) is 0 Å². The summed E-state index contributed by atoms with van der Waals surface area (Å²) in [4.78, 5) is 20.4. The zero-order chi connectivity index (χ0) is 7.56. The number of hydrogen-bond donors (Lipinski definition) is 0. The Bertz CT molecular complexity index is 166. The van der Waals surface area contributed by atoms with Gasteiger partial charge in [-0.15, -0.1) is 0 Å². The van der Waals surface area contributed by atoms with E-state index in [1.165, 1.54) is 0 Å². The molecule has 0 amide bonds. The van der Waals surface area contributed by atoms with E-state index in [1.54, 1.807) is 0 Å². The van der Waals surface area contributed by atoms with E-state index in [2.05, 4.69) is 0 Å². The third kappa shape index (κ3) is 1.52. The first-order valence-electron chi connectivity index (χ1n) is 3.34. The fraction of sp³-hybridized carbons (Fsp3) is 0.833. The van der Waals surface area contributed by atoms with Crippen LogP contribution in [0, 0.1) is 16.0 Å². The first kappa shape index (κ1) is 7.18. The van der Waals surface area contributed by atoms with Crippen LogP contribution in [-0.2, 0) is 4.79 Å². The average Bonchev–Trinajstić information content (AvgIpc) is 2.15. The standard InChI is InChI=1S/C6H9NO3/c8-6-3-1-2-5(6)4-7(9)10/h5H,1-4H2. The number of ketones is 1. The van der Waals surface area contributed by atoms with Gasteiger partial charge in [0.05, 0.1) is 5.92 Å². The van der Waals surface area contributed by atoms with E-state index in [0.29, 0.717) is 12.8 Å². The van der Waals surface area contributed by atoms with Crippen LogP contribution in [0.5, 0.6) is 0 Å². The highest BCUT2D eigenvalue weighted by Crippen LogP contribution is 2.20. The number of carbonyl (C=O) groups is 1. The van der Waals surface area contributed by atoms with Crippen LogP contribution in [0.25, 0.3) is 0 Å². The minimum Gasteiger partial charge on any atom is -0.299 e. The molecule has 0 heterocycles. The molecule has 0 saturated heterocycles. The van der Waals surface area contributed by atoms with Crippen LogP contribution in [0.4, 0.5) is 0 Å². The van der Waals surface area contributed by atoms with Gasteiger partial charge < -0.3 is 0 Å². The maximum absolute atomic E-state index is 10.8. The summed E-state index contributed by atoms with van der Waals surface area (Å²) in [6.07, 6.45) is 2.08. The zero-order valence-electron chi connectivity index (χ0n) is 5.58. The van der Waals surface area contributed by atoms with E-state index in [4.69, 9.17) is 0 Å². The first-order valence-corrected chi connectivity index (χ1v) is 3.34. The van der Waals surface area contributed by atoms with Crippen LogP contribution < -0.4 is 0 Å². The van der Waals surface area contributed by atoms with Gasteiger partial charge in [0, 0.05) is 11.3 Å². The van der Waals surface area contributed by atoms with E-state index in [9.17, 15) is 14.9 Å². The SMILES string of the molecule is O=C1CCCC1C[N+](=O)[O-]. The molecule has 1 aliphatic rings. The highest BCUT2D eigenvalue weighted by Gasteiger charge is 2.28. The summed E-state index contributed by atoms with van der Waals surface area (Å²) >= 11 is 0. The topological polar surface area (TPSA) is 60.2 Å². The van der Waals surface area contributed by atoms with Crippen molar-refractivity contribution in [2.24, 2.45) is 5.92 Å². The second-order valence-corrected chi connectivity index (χ2v) is 2.57. The second kappa shape index (κ2) is 2.77. The van der Waals surface area contributed by atoms with Crippen molar-refractivity contribution in [3.63, 3.8) is 0 Å². The summed E-state index contributed by atoms with van der Waals surface area (Å²) in [6.45, 7) is -0.168. The summed E-state index contributed by atoms with van der Waals surface area (Å²) < 4.78 is 0. The van der Waals surface area contributed by atoms with Gasteiger partial charge in [0.2, 0.25) is 6.54 Å². The lowest BCUT2D eigenvalue weighted by Gasteiger charge is -1.98. The summed E-state index contributed by atoms with van der Waals surface area (Å²) in [5.41, 5.74) is 0. The lowest BCUT2D eigenvalue weighted by Crippen LogP contribution is -2.17. The van der Waals surface area contributed by atoms with Crippen molar-refractivity contribution >= 4 is 5.78 Å². The molecule has 0 aromatic rings. The number of hydrogen-bond acceptors (Lipinski definition) is 3. The molecule has 1 saturated carbocycles. The molecule has 56 valence electrons. The smallest absolute Gasteiger partial charge is 0.213 e. The van der Waals surface area contributed by atoms with Gasteiger partial charge >= 0.3 is 0 Å². The minimum atomic E-state index is -0.409. The van der Waals surface area contributed by atoms with Gasteiger partial charge in [-0.2, -0.15) is 0 Å². The zero-order valence-corrected chi connectivity index (χ0v) is 5.58. The Morgan fingerprint density at radius 2 is 2.40 bits per heavy atom. The molecular weight excluding hydrogens is 134 g/mol. The number of carbonyl (C=O) groups excluding carboxylic acids is 1. The quantitative estimate of drug-likeness (QED) is 0.420. The fourth-order valence-electron chi connectivity index (χ4n) is 1.26. The van der Waals surface area contributed by atoms with Crippen molar-refractivity contribution in [1.82, 2.24) is 0 Å². The van der Waals surface area contributed by atoms with Gasteiger partial charge in [-0.1, -0.05) is 0 Å². The molecule has 0 N–H and O–H groups in total. The molecule has 1 atom stereocenters. The Balaban J connectivity index is 2.40. The summed E-state index contributed by atoms with van der Waals surface area (Å²) in [7, 11) is 0. The van der Waals surface area contributed by atoms with E-state index in [-0.39, 0.29) is 18.2 Å². The molecule has 4 nitrogen and oxygen atoms in total. The van der Waals surface area contributed by atoms with Gasteiger partial charge in [-0.25, -0.2) is 0 Å². The highest BCUT2D eigenvalue weighted by molar-refractivity contribution is 5.82. The molecule has 0 aromatic carbocycles. The molecule has 4 heteroatoms. The number of Topliss-reactive ketones (excluding diaryl/α,β-unsaturated/α-hetero) is 1. The van der Waals surface area contributed by atoms with Crippen LogP contribution >= 0.6 is 0 Å². The molecule has 10 heavy (non-hydrogen) atoms. The predicted octanol–water partition coefficient (Wildman–Crippen LogP) is 0.632. The Kier molecular flexibility index (Phi) is 1.99. The molecule has 1 unspecified atom stereocenters. The lowest BCUT2D eigenvalue weighted by molar-refractivity contribution is -0.485. The van der Waals surface area contributed by atoms with E-state index < -0.39 is 4.92 Å². The number of nitro groups is 1. The van der Waals surface area contributed by atoms with Crippen LogP contribution in [0.2, 0.25) is 0 Å². The largest absolute Gasteiger partial charge is 0.299 e. The molecule has 1 aliphatic carbocycles. The number of rotatable bonds is 2. The maximum atomic E-state index is 10.8. The third-order valence-corrected chi connectivity index (χ3v) is 1.80. The molecule has 0 bridgehead atoms. The second-order valence-electron chi connectivity index (χ2n) is 2.57. The maximum Gasteiger partial charge on any atom is 0.213 e. The van der Waals surface area contributed by atoms with Crippen LogP contribution in [0.15, 0.2) is 0 Å². The predicted molar refractivity (Wildman–Crippen MR) is 34.2 cm³/mol. The van der Waals surface area contributed by atoms with Gasteiger partial charge in [0.15, 0.2) is 0 Å². The van der Waals surface area contributed by atoms with E-state index in [1.807, 2.05) is 0 Å². The minimum absolute atomic E-state index is 0.0664. The van der Waals surface area contributed by atoms with Crippen molar-refractivity contribution < 1.29 is 9.72 Å². The lowest BCUT2D eigenvalue weighted by atomic mass is 10.1. The molecule has 1 fully saturated rings. The van der Waals surface area contributed by atoms with Crippen LogP contribution in [0.1, 0.15) is 19.3 Å². The fourth-order valence-corrected chi connectivity index (χ4v) is 1.26. The Morgan fingerprint density at radius 1 is 1.70 bits per heavy atom. The van der Waals surface area contributed by atoms with Gasteiger partial charge in [-0.05, 0) is 12.8 Å². The molecule has 0 radical (unpaired) electrons. The molecule has 0 spiro atoms. The molecule has 1 rings (SSSR count). The normalized spacial score (nSPS) is 25.2. The van der Waals surface area contributed by atoms with E-state index in [0.717, 1.165) is 6.42 Å². The summed E-state index contributed by atoms with van der Waals surface area (Å²) in [6, 6.07) is 0. The van der Waals surface area contributed by atoms with E-state index >= 15 is 0 Å². The average molecular weight is 143 g/mol. The van der Waals surface area contributed by atoms with Gasteiger partial charge in [-0.3, -0.25) is 14.9 Å². The summed E-state index contributed by atoms with van der Waals surface area (Å²) in [5, 5.41) is 9.95. The Hall–Kier alpha value is -0.930. The number of nitrogens with zero attached hydrogens (tertiary/aromatic N) is 1. The van der Waals surface area contributed by atoms with Crippen molar-refractivity contribution in [2.45, 2.75) is 19.3 Å². The van der Waals surface area contributed by atoms with Crippen molar-refractivity contribution in [2.75, 3.05) is 6.54 Å². The van der Waals surface area contributed by atoms with Crippen LogP contribution in [-0.4, -0.2) is 17.3 Å². The Labute approximate surface area is 58.4 Å². The van der Waals surface area contributed by atoms with Gasteiger partial charge in [0.1, 0.15) is 5.78 Å². The van der Waals surface area contributed by atoms with Crippen molar-refractivity contribution in [3.8, 4) is 0 Å². The highest BCUT2D eigenvalue weighted by atomic mass is 16.6. The summed E-state index contributed by atoms with van der Waals surface area (Å²) in [5.74, 6) is -0.216. The molecular formula is C6H9NO3. The third-order valence-electron chi connectivity index (χ3n) is 1.80. The van der Waals surface area contributed by atoms with Crippen molar-refractivity contribution in [1.29, 1.82) is 0 Å².